The van der Waals surface area contributed by atoms with Crippen LogP contribution in [0, 0.1) is 5.82 Å². The SMILES string of the molecule is Fc1ccc(-n2c3ccccc3c3cc(-c4ccc5c(c4)c4ccccc4n5-c4ccc(-c5ccc6ccccc6c5)cc4)ccc32)cc1. The molecule has 0 aliphatic heterocycles. The molecule has 2 aromatic heterocycles. The summed E-state index contributed by atoms with van der Waals surface area (Å²) in [6.07, 6.45) is 0. The molecule has 0 spiro atoms. The van der Waals surface area contributed by atoms with Crippen LogP contribution in [0.2, 0.25) is 0 Å². The predicted octanol–water partition coefficient (Wildman–Crippen LogP) is 12.5. The highest BCUT2D eigenvalue weighted by Gasteiger charge is 2.16. The van der Waals surface area contributed by atoms with Gasteiger partial charge in [0.15, 0.2) is 0 Å². The van der Waals surface area contributed by atoms with Crippen LogP contribution >= 0.6 is 0 Å². The van der Waals surface area contributed by atoms with E-state index in [0.29, 0.717) is 0 Å². The van der Waals surface area contributed by atoms with Gasteiger partial charge in [-0.25, -0.2) is 4.39 Å². The van der Waals surface area contributed by atoms with Crippen molar-refractivity contribution in [3.05, 3.63) is 182 Å². The van der Waals surface area contributed by atoms with Gasteiger partial charge in [-0.1, -0.05) is 97.1 Å². The maximum atomic E-state index is 13.8. The van der Waals surface area contributed by atoms with Gasteiger partial charge in [0.1, 0.15) is 5.82 Å². The van der Waals surface area contributed by atoms with Gasteiger partial charge in [-0.2, -0.15) is 0 Å². The summed E-state index contributed by atoms with van der Waals surface area (Å²) in [5.74, 6) is -0.235. The summed E-state index contributed by atoms with van der Waals surface area (Å²) in [7, 11) is 0. The van der Waals surface area contributed by atoms with E-state index in [1.807, 2.05) is 12.1 Å². The number of para-hydroxylation sites is 2. The molecule has 0 aliphatic rings. The molecule has 49 heavy (non-hydrogen) atoms. The first kappa shape index (κ1) is 27.6. The van der Waals surface area contributed by atoms with Crippen molar-refractivity contribution < 1.29 is 4.39 Å². The van der Waals surface area contributed by atoms with E-state index < -0.39 is 0 Å². The molecule has 3 heteroatoms. The maximum absolute atomic E-state index is 13.8. The van der Waals surface area contributed by atoms with Crippen molar-refractivity contribution >= 4 is 54.4 Å². The fourth-order valence-corrected chi connectivity index (χ4v) is 7.62. The number of nitrogens with zero attached hydrogens (tertiary/aromatic N) is 2. The lowest BCUT2D eigenvalue weighted by molar-refractivity contribution is 0.627. The van der Waals surface area contributed by atoms with Gasteiger partial charge in [0.05, 0.1) is 22.1 Å². The zero-order chi connectivity index (χ0) is 32.5. The van der Waals surface area contributed by atoms with Crippen LogP contribution in [0.3, 0.4) is 0 Å². The van der Waals surface area contributed by atoms with E-state index in [-0.39, 0.29) is 5.82 Å². The van der Waals surface area contributed by atoms with Gasteiger partial charge in [0, 0.05) is 32.9 Å². The summed E-state index contributed by atoms with van der Waals surface area (Å²) in [5, 5.41) is 7.30. The summed E-state index contributed by atoms with van der Waals surface area (Å²) in [6.45, 7) is 0. The largest absolute Gasteiger partial charge is 0.309 e. The van der Waals surface area contributed by atoms with Crippen LogP contribution in [0.1, 0.15) is 0 Å². The molecule has 0 N–H and O–H groups in total. The molecule has 0 radical (unpaired) electrons. The molecule has 0 amide bonds. The minimum absolute atomic E-state index is 0.235. The van der Waals surface area contributed by atoms with Crippen molar-refractivity contribution in [1.29, 1.82) is 0 Å². The smallest absolute Gasteiger partial charge is 0.123 e. The Morgan fingerprint density at radius 3 is 1.33 bits per heavy atom. The van der Waals surface area contributed by atoms with Crippen LogP contribution in [-0.2, 0) is 0 Å². The molecule has 0 fully saturated rings. The Balaban J connectivity index is 1.09. The molecule has 2 heterocycles. The van der Waals surface area contributed by atoms with Crippen molar-refractivity contribution in [3.8, 4) is 33.6 Å². The third-order valence-electron chi connectivity index (χ3n) is 9.97. The third-order valence-corrected chi connectivity index (χ3v) is 9.97. The first-order valence-electron chi connectivity index (χ1n) is 16.6. The van der Waals surface area contributed by atoms with E-state index in [1.165, 1.54) is 72.2 Å². The van der Waals surface area contributed by atoms with Crippen LogP contribution in [0.15, 0.2) is 176 Å². The Morgan fingerprint density at radius 1 is 0.306 bits per heavy atom. The third kappa shape index (κ3) is 4.40. The molecular formula is C46H29FN2. The molecule has 8 aromatic carbocycles. The number of benzene rings is 8. The van der Waals surface area contributed by atoms with E-state index in [9.17, 15) is 4.39 Å². The lowest BCUT2D eigenvalue weighted by Gasteiger charge is -2.11. The number of aromatic nitrogens is 2. The van der Waals surface area contributed by atoms with E-state index >= 15 is 0 Å². The zero-order valence-corrected chi connectivity index (χ0v) is 26.5. The second-order valence-corrected chi connectivity index (χ2v) is 12.8. The first-order chi connectivity index (χ1) is 24.2. The number of rotatable bonds is 4. The number of halogens is 1. The quantitative estimate of drug-likeness (QED) is 0.184. The lowest BCUT2D eigenvalue weighted by atomic mass is 10.0. The average molecular weight is 629 g/mol. The topological polar surface area (TPSA) is 9.86 Å². The standard InChI is InChI=1S/C46H29FN2/c47-36-19-23-38(24-20-36)49-44-12-6-4-10-40(44)42-29-35(18-26-46(42)49)34-17-25-45-41(28-34)39-9-3-5-11-43(39)48(45)37-21-15-31(16-22-37)33-14-13-30-7-1-2-8-32(30)27-33/h1-29H. The Labute approximate surface area is 282 Å². The molecule has 0 saturated carbocycles. The van der Waals surface area contributed by atoms with Gasteiger partial charge in [0.25, 0.3) is 0 Å². The Morgan fingerprint density at radius 2 is 0.735 bits per heavy atom. The molecule has 0 atom stereocenters. The minimum atomic E-state index is -0.235. The second kappa shape index (κ2) is 10.8. The predicted molar refractivity (Wildman–Crippen MR) is 203 cm³/mol. The van der Waals surface area contributed by atoms with E-state index in [2.05, 4.69) is 161 Å². The van der Waals surface area contributed by atoms with E-state index in [1.54, 1.807) is 0 Å². The summed E-state index contributed by atoms with van der Waals surface area (Å²) < 4.78 is 18.4. The number of hydrogen-bond acceptors (Lipinski definition) is 0. The van der Waals surface area contributed by atoms with Crippen molar-refractivity contribution in [1.82, 2.24) is 9.13 Å². The Hall–Kier alpha value is -6.45. The highest BCUT2D eigenvalue weighted by atomic mass is 19.1. The Bertz CT molecular complexity index is 2870. The van der Waals surface area contributed by atoms with E-state index in [0.717, 1.165) is 28.0 Å². The number of fused-ring (bicyclic) bond motifs is 7. The summed E-state index contributed by atoms with van der Waals surface area (Å²) in [4.78, 5) is 0. The first-order valence-corrected chi connectivity index (χ1v) is 16.6. The van der Waals surface area contributed by atoms with Crippen molar-refractivity contribution in [3.63, 3.8) is 0 Å². The van der Waals surface area contributed by atoms with Gasteiger partial charge in [-0.15, -0.1) is 0 Å². The van der Waals surface area contributed by atoms with E-state index in [4.69, 9.17) is 0 Å². The summed E-state index contributed by atoms with van der Waals surface area (Å²) in [6, 6.07) is 61.5. The highest BCUT2D eigenvalue weighted by molar-refractivity contribution is 6.12. The van der Waals surface area contributed by atoms with Gasteiger partial charge in [-0.05, 0) is 112 Å². The van der Waals surface area contributed by atoms with Crippen LogP contribution in [0.25, 0.3) is 88.0 Å². The normalized spacial score (nSPS) is 11.8. The minimum Gasteiger partial charge on any atom is -0.309 e. The average Bonchev–Trinajstić information content (AvgIpc) is 3.67. The molecule has 0 unspecified atom stereocenters. The molecule has 10 aromatic rings. The van der Waals surface area contributed by atoms with Crippen molar-refractivity contribution in [2.24, 2.45) is 0 Å². The Kier molecular flexibility index (Phi) is 6.09. The van der Waals surface area contributed by atoms with Crippen LogP contribution < -0.4 is 0 Å². The van der Waals surface area contributed by atoms with Crippen LogP contribution in [0.5, 0.6) is 0 Å². The highest BCUT2D eigenvalue weighted by Crippen LogP contribution is 2.38. The second-order valence-electron chi connectivity index (χ2n) is 12.8. The van der Waals surface area contributed by atoms with Gasteiger partial charge in [0.2, 0.25) is 0 Å². The fourth-order valence-electron chi connectivity index (χ4n) is 7.62. The molecule has 0 bridgehead atoms. The molecule has 0 saturated heterocycles. The molecule has 2 nitrogen and oxygen atoms in total. The van der Waals surface area contributed by atoms with Gasteiger partial charge >= 0.3 is 0 Å². The maximum Gasteiger partial charge on any atom is 0.123 e. The van der Waals surface area contributed by atoms with Gasteiger partial charge in [-0.3, -0.25) is 0 Å². The molecular weight excluding hydrogens is 600 g/mol. The van der Waals surface area contributed by atoms with Crippen molar-refractivity contribution in [2.45, 2.75) is 0 Å². The summed E-state index contributed by atoms with van der Waals surface area (Å²) >= 11 is 0. The van der Waals surface area contributed by atoms with Gasteiger partial charge < -0.3 is 9.13 Å². The molecule has 0 aliphatic carbocycles. The molecule has 10 rings (SSSR count). The molecule has 230 valence electrons. The van der Waals surface area contributed by atoms with Crippen molar-refractivity contribution in [2.75, 3.05) is 0 Å². The number of hydrogen-bond donors (Lipinski definition) is 0. The van der Waals surface area contributed by atoms with Crippen LogP contribution in [-0.4, -0.2) is 9.13 Å². The summed E-state index contributed by atoms with van der Waals surface area (Å²) in [5.41, 5.74) is 11.4. The lowest BCUT2D eigenvalue weighted by Crippen LogP contribution is -1.94. The zero-order valence-electron chi connectivity index (χ0n) is 26.5. The monoisotopic (exact) mass is 628 g/mol. The fraction of sp³-hybridized carbons (Fsp3) is 0. The van der Waals surface area contributed by atoms with Crippen LogP contribution in [0.4, 0.5) is 4.39 Å².